The number of benzene rings is 2. The van der Waals surface area contributed by atoms with E-state index in [4.69, 9.17) is 4.74 Å². The van der Waals surface area contributed by atoms with Gasteiger partial charge in [-0.05, 0) is 31.5 Å². The number of ether oxygens (including phenoxy) is 2. The van der Waals surface area contributed by atoms with Crippen molar-refractivity contribution in [3.63, 3.8) is 0 Å². The Bertz CT molecular complexity index is 1090. The Morgan fingerprint density at radius 3 is 2.40 bits per heavy atom. The monoisotopic (exact) mass is 411 g/mol. The number of hydrogen-bond donors (Lipinski definition) is 1. The second kappa shape index (κ2) is 7.74. The van der Waals surface area contributed by atoms with Crippen molar-refractivity contribution in [1.82, 2.24) is 5.32 Å². The molecule has 1 N–H and O–H groups in total. The van der Waals surface area contributed by atoms with Crippen LogP contribution in [-0.2, 0) is 9.53 Å². The van der Waals surface area contributed by atoms with Gasteiger partial charge in [-0.15, -0.1) is 0 Å². The van der Waals surface area contributed by atoms with E-state index in [1.165, 1.54) is 12.1 Å². The number of rotatable bonds is 5. The van der Waals surface area contributed by atoms with E-state index in [-0.39, 0.29) is 18.1 Å². The summed E-state index contributed by atoms with van der Waals surface area (Å²) in [6.07, 6.45) is 0. The molecule has 1 aliphatic heterocycles. The number of halogens is 2. The zero-order valence-electron chi connectivity index (χ0n) is 16.4. The van der Waals surface area contributed by atoms with E-state index in [0.29, 0.717) is 33.7 Å². The smallest absolute Gasteiger partial charge is 0.387 e. The highest BCUT2D eigenvalue weighted by Crippen LogP contribution is 2.46. The quantitative estimate of drug-likeness (QED) is 0.738. The molecule has 0 spiro atoms. The molecule has 0 amide bonds. The van der Waals surface area contributed by atoms with Gasteiger partial charge in [0, 0.05) is 28.3 Å². The predicted molar refractivity (Wildman–Crippen MR) is 106 cm³/mol. The molecule has 0 bridgehead atoms. The van der Waals surface area contributed by atoms with Gasteiger partial charge in [0.2, 0.25) is 0 Å². The molecular weight excluding hydrogens is 392 g/mol. The van der Waals surface area contributed by atoms with E-state index in [2.05, 4.69) is 10.1 Å². The van der Waals surface area contributed by atoms with Crippen LogP contribution in [0, 0.1) is 0 Å². The molecule has 1 heterocycles. The number of carbonyl (C=O) groups is 2. The molecule has 2 aromatic rings. The number of hydrogen-bond acceptors (Lipinski definition) is 5. The minimum Gasteiger partial charge on any atom is -0.463 e. The van der Waals surface area contributed by atoms with E-state index in [0.717, 1.165) is 5.56 Å². The van der Waals surface area contributed by atoms with E-state index in [9.17, 15) is 18.4 Å². The van der Waals surface area contributed by atoms with Crippen LogP contribution >= 0.6 is 0 Å². The fourth-order valence-electron chi connectivity index (χ4n) is 3.98. The number of esters is 1. The molecule has 2 aliphatic rings. The summed E-state index contributed by atoms with van der Waals surface area (Å²) < 4.78 is 34.7. The lowest BCUT2D eigenvalue weighted by Crippen LogP contribution is -2.29. The van der Waals surface area contributed by atoms with Crippen LogP contribution in [0.15, 0.2) is 65.4 Å². The molecule has 0 saturated heterocycles. The molecule has 154 valence electrons. The topological polar surface area (TPSA) is 64.6 Å². The summed E-state index contributed by atoms with van der Waals surface area (Å²) in [6, 6.07) is 13.2. The normalized spacial score (nSPS) is 17.6. The molecule has 0 saturated carbocycles. The van der Waals surface area contributed by atoms with Crippen LogP contribution in [0.2, 0.25) is 0 Å². The van der Waals surface area contributed by atoms with Gasteiger partial charge in [0.05, 0.1) is 17.9 Å². The Kier molecular flexibility index (Phi) is 5.11. The molecular formula is C23H19F2NO4. The maximum Gasteiger partial charge on any atom is 0.387 e. The number of alkyl halides is 2. The largest absolute Gasteiger partial charge is 0.463 e. The van der Waals surface area contributed by atoms with E-state index >= 15 is 0 Å². The third kappa shape index (κ3) is 3.26. The number of dihydropyridines is 1. The summed E-state index contributed by atoms with van der Waals surface area (Å²) >= 11 is 0. The van der Waals surface area contributed by atoms with Gasteiger partial charge in [-0.2, -0.15) is 8.78 Å². The fraction of sp³-hybridized carbons (Fsp3) is 0.217. The zero-order valence-corrected chi connectivity index (χ0v) is 16.4. The Morgan fingerprint density at radius 1 is 1.10 bits per heavy atom. The van der Waals surface area contributed by atoms with Crippen LogP contribution < -0.4 is 10.1 Å². The maximum absolute atomic E-state index is 13.3. The van der Waals surface area contributed by atoms with Crippen LogP contribution in [0.5, 0.6) is 5.75 Å². The SMILES string of the molecule is CCOC(=O)C1=C(C)NC2=C(C(=O)c3ccccc32)C1c1ccc(OC(F)F)cc1. The first-order valence-corrected chi connectivity index (χ1v) is 9.50. The summed E-state index contributed by atoms with van der Waals surface area (Å²) in [5.41, 5.74) is 3.91. The molecule has 7 heteroatoms. The van der Waals surface area contributed by atoms with Crippen molar-refractivity contribution in [2.75, 3.05) is 6.61 Å². The number of fused-ring (bicyclic) bond motifs is 2. The van der Waals surface area contributed by atoms with Gasteiger partial charge < -0.3 is 14.8 Å². The van der Waals surface area contributed by atoms with Crippen molar-refractivity contribution >= 4 is 17.4 Å². The van der Waals surface area contributed by atoms with E-state index in [1.54, 1.807) is 38.1 Å². The lowest BCUT2D eigenvalue weighted by Gasteiger charge is -2.29. The summed E-state index contributed by atoms with van der Waals surface area (Å²) in [6.45, 7) is 0.704. The van der Waals surface area contributed by atoms with Gasteiger partial charge in [0.25, 0.3) is 0 Å². The standard InChI is InChI=1S/C23H19F2NO4/c1-3-29-22(28)17-12(2)26-20-15-6-4-5-7-16(15)21(27)19(20)18(17)13-8-10-14(11-9-13)30-23(24)25/h4-11,18,23,26H,3H2,1-2H3. The molecule has 0 aromatic heterocycles. The van der Waals surface area contributed by atoms with Gasteiger partial charge in [-0.25, -0.2) is 4.79 Å². The molecule has 4 rings (SSSR count). The summed E-state index contributed by atoms with van der Waals surface area (Å²) in [5.74, 6) is -1.41. The molecule has 1 unspecified atom stereocenters. The minimum absolute atomic E-state index is 0.00342. The van der Waals surface area contributed by atoms with Crippen molar-refractivity contribution in [1.29, 1.82) is 0 Å². The molecule has 0 fully saturated rings. The minimum atomic E-state index is -2.94. The first-order chi connectivity index (χ1) is 14.4. The van der Waals surface area contributed by atoms with Gasteiger partial charge in [-0.1, -0.05) is 36.4 Å². The summed E-state index contributed by atoms with van der Waals surface area (Å²) in [5, 5.41) is 3.21. The second-order valence-corrected chi connectivity index (χ2v) is 6.93. The molecule has 5 nitrogen and oxygen atoms in total. The number of nitrogens with one attached hydrogen (secondary N) is 1. The highest BCUT2D eigenvalue weighted by Gasteiger charge is 2.42. The zero-order chi connectivity index (χ0) is 21.4. The highest BCUT2D eigenvalue weighted by atomic mass is 19.3. The summed E-state index contributed by atoms with van der Waals surface area (Å²) in [4.78, 5) is 26.1. The number of carbonyl (C=O) groups excluding carboxylic acids is 2. The first kappa shape index (κ1) is 19.8. The number of Topliss-reactive ketones (excluding diaryl/α,β-unsaturated/α-hetero) is 1. The Morgan fingerprint density at radius 2 is 1.77 bits per heavy atom. The first-order valence-electron chi connectivity index (χ1n) is 9.50. The third-order valence-corrected chi connectivity index (χ3v) is 5.18. The van der Waals surface area contributed by atoms with Crippen molar-refractivity contribution in [2.45, 2.75) is 26.4 Å². The summed E-state index contributed by atoms with van der Waals surface area (Å²) in [7, 11) is 0. The molecule has 0 radical (unpaired) electrons. The van der Waals surface area contributed by atoms with Gasteiger partial charge >= 0.3 is 12.6 Å². The van der Waals surface area contributed by atoms with E-state index in [1.807, 2.05) is 12.1 Å². The molecule has 1 atom stereocenters. The van der Waals surface area contributed by atoms with E-state index < -0.39 is 18.5 Å². The van der Waals surface area contributed by atoms with Gasteiger partial charge in [0.1, 0.15) is 5.75 Å². The molecule has 30 heavy (non-hydrogen) atoms. The van der Waals surface area contributed by atoms with Gasteiger partial charge in [-0.3, -0.25) is 4.79 Å². The second-order valence-electron chi connectivity index (χ2n) is 6.93. The Hall–Kier alpha value is -3.48. The van der Waals surface area contributed by atoms with Gasteiger partial charge in [0.15, 0.2) is 5.78 Å². The number of allylic oxidation sites excluding steroid dienone is 2. The van der Waals surface area contributed by atoms with Crippen LogP contribution in [-0.4, -0.2) is 25.0 Å². The molecule has 2 aromatic carbocycles. The van der Waals surface area contributed by atoms with Crippen molar-refractivity contribution in [3.05, 3.63) is 82.1 Å². The Labute approximate surface area is 172 Å². The van der Waals surface area contributed by atoms with Crippen LogP contribution in [0.1, 0.15) is 41.3 Å². The highest BCUT2D eigenvalue weighted by molar-refractivity contribution is 6.23. The fourth-order valence-corrected chi connectivity index (χ4v) is 3.98. The average Bonchev–Trinajstić information content (AvgIpc) is 2.99. The lowest BCUT2D eigenvalue weighted by atomic mass is 9.80. The Balaban J connectivity index is 1.84. The van der Waals surface area contributed by atoms with Crippen molar-refractivity contribution in [2.24, 2.45) is 0 Å². The third-order valence-electron chi connectivity index (χ3n) is 5.18. The van der Waals surface area contributed by atoms with Crippen LogP contribution in [0.4, 0.5) is 8.78 Å². The molecule has 1 aliphatic carbocycles. The number of ketones is 1. The maximum atomic E-state index is 13.3. The van der Waals surface area contributed by atoms with Crippen LogP contribution in [0.25, 0.3) is 5.70 Å². The lowest BCUT2D eigenvalue weighted by molar-refractivity contribution is -0.138. The van der Waals surface area contributed by atoms with Crippen molar-refractivity contribution < 1.29 is 27.8 Å². The van der Waals surface area contributed by atoms with Crippen LogP contribution in [0.3, 0.4) is 0 Å². The van der Waals surface area contributed by atoms with Crippen molar-refractivity contribution in [3.8, 4) is 5.75 Å². The average molecular weight is 411 g/mol. The predicted octanol–water partition coefficient (Wildman–Crippen LogP) is 4.42.